The zero-order chi connectivity index (χ0) is 18.0. The number of alkyl halides is 3. The molecule has 0 spiro atoms. The Hall–Kier alpha value is -1.58. The number of carbonyl (C=O) groups excluding carboxylic acids is 1. The number of anilines is 1. The van der Waals surface area contributed by atoms with E-state index >= 15 is 0 Å². The van der Waals surface area contributed by atoms with Gasteiger partial charge in [-0.2, -0.15) is 13.2 Å². The summed E-state index contributed by atoms with van der Waals surface area (Å²) in [6, 6.07) is 0.746. The minimum absolute atomic E-state index is 0.0541. The van der Waals surface area contributed by atoms with E-state index in [4.69, 9.17) is 16.3 Å². The Morgan fingerprint density at radius 2 is 2.28 bits per heavy atom. The first-order valence-electron chi connectivity index (χ1n) is 7.95. The first kappa shape index (κ1) is 18.2. The average molecular weight is 379 g/mol. The monoisotopic (exact) mass is 378 g/mol. The number of carbonyl (C=O) groups is 1. The first-order valence-corrected chi connectivity index (χ1v) is 8.33. The lowest BCUT2D eigenvalue weighted by atomic mass is 10.2. The highest BCUT2D eigenvalue weighted by Crippen LogP contribution is 2.34. The van der Waals surface area contributed by atoms with Gasteiger partial charge in [-0.15, -0.1) is 0 Å². The molecule has 1 aromatic heterocycles. The minimum atomic E-state index is -4.48. The van der Waals surface area contributed by atoms with Crippen molar-refractivity contribution in [2.24, 2.45) is 0 Å². The highest BCUT2D eigenvalue weighted by atomic mass is 35.5. The van der Waals surface area contributed by atoms with Crippen molar-refractivity contribution in [3.63, 3.8) is 0 Å². The summed E-state index contributed by atoms with van der Waals surface area (Å²) in [5, 5.41) is 5.94. The third kappa shape index (κ3) is 4.34. The van der Waals surface area contributed by atoms with Crippen LogP contribution in [0.25, 0.3) is 0 Å². The molecule has 1 aromatic rings. The number of aromatic nitrogens is 1. The Balaban J connectivity index is 1.60. The Morgan fingerprint density at radius 3 is 2.92 bits per heavy atom. The van der Waals surface area contributed by atoms with Gasteiger partial charge in [0.05, 0.1) is 17.2 Å². The molecule has 2 saturated heterocycles. The zero-order valence-corrected chi connectivity index (χ0v) is 14.0. The molecule has 0 aliphatic carbocycles. The Bertz CT molecular complexity index is 638. The van der Waals surface area contributed by atoms with Crippen LogP contribution in [0, 0.1) is 0 Å². The van der Waals surface area contributed by atoms with Crippen LogP contribution in [-0.2, 0) is 15.7 Å². The summed E-state index contributed by atoms with van der Waals surface area (Å²) < 4.78 is 43.4. The van der Waals surface area contributed by atoms with Crippen molar-refractivity contribution in [2.45, 2.75) is 24.7 Å². The third-order valence-corrected chi connectivity index (χ3v) is 4.48. The normalized spacial score (nSPS) is 24.4. The van der Waals surface area contributed by atoms with E-state index < -0.39 is 17.8 Å². The molecule has 10 heteroatoms. The molecule has 25 heavy (non-hydrogen) atoms. The summed E-state index contributed by atoms with van der Waals surface area (Å²) in [6.45, 7) is 2.66. The Labute approximate surface area is 147 Å². The molecular weight excluding hydrogens is 361 g/mol. The van der Waals surface area contributed by atoms with Gasteiger partial charge in [-0.1, -0.05) is 11.6 Å². The molecule has 3 rings (SSSR count). The molecule has 2 N–H and O–H groups in total. The molecule has 0 bridgehead atoms. The summed E-state index contributed by atoms with van der Waals surface area (Å²) in [7, 11) is 0. The smallest absolute Gasteiger partial charge is 0.366 e. The van der Waals surface area contributed by atoms with Crippen molar-refractivity contribution < 1.29 is 22.7 Å². The predicted octanol–water partition coefficient (Wildman–Crippen LogP) is 1.44. The Kier molecular flexibility index (Phi) is 5.35. The maximum Gasteiger partial charge on any atom is 0.417 e. The fourth-order valence-electron chi connectivity index (χ4n) is 2.92. The molecule has 3 heterocycles. The number of nitrogens with one attached hydrogen (secondary N) is 2. The summed E-state index contributed by atoms with van der Waals surface area (Å²) in [5.41, 5.74) is -0.882. The zero-order valence-electron chi connectivity index (χ0n) is 13.3. The number of nitrogens with zero attached hydrogens (tertiary/aromatic N) is 2. The van der Waals surface area contributed by atoms with E-state index in [1.165, 1.54) is 0 Å². The molecule has 2 unspecified atom stereocenters. The van der Waals surface area contributed by atoms with Gasteiger partial charge in [0.1, 0.15) is 11.9 Å². The van der Waals surface area contributed by atoms with Gasteiger partial charge >= 0.3 is 6.18 Å². The van der Waals surface area contributed by atoms with Crippen LogP contribution in [0.3, 0.4) is 0 Å². The van der Waals surface area contributed by atoms with Gasteiger partial charge in [0.15, 0.2) is 0 Å². The number of amides is 1. The van der Waals surface area contributed by atoms with E-state index in [9.17, 15) is 18.0 Å². The van der Waals surface area contributed by atoms with Crippen LogP contribution < -0.4 is 15.5 Å². The van der Waals surface area contributed by atoms with Gasteiger partial charge in [0.25, 0.3) is 5.91 Å². The van der Waals surface area contributed by atoms with Gasteiger partial charge < -0.3 is 20.3 Å². The second-order valence-corrected chi connectivity index (χ2v) is 6.44. The number of hydrogen-bond donors (Lipinski definition) is 2. The van der Waals surface area contributed by atoms with Crippen LogP contribution in [0.2, 0.25) is 5.02 Å². The van der Waals surface area contributed by atoms with E-state index in [2.05, 4.69) is 15.6 Å². The van der Waals surface area contributed by atoms with E-state index in [0.29, 0.717) is 38.5 Å². The van der Waals surface area contributed by atoms with Crippen LogP contribution in [-0.4, -0.2) is 55.8 Å². The van der Waals surface area contributed by atoms with Gasteiger partial charge in [0.2, 0.25) is 0 Å². The largest absolute Gasteiger partial charge is 0.417 e. The van der Waals surface area contributed by atoms with Crippen molar-refractivity contribution in [3.8, 4) is 0 Å². The van der Waals surface area contributed by atoms with Crippen LogP contribution in [0.1, 0.15) is 12.0 Å². The highest BCUT2D eigenvalue weighted by molar-refractivity contribution is 6.33. The molecular formula is C15H18ClF3N4O2. The number of pyridine rings is 1. The quantitative estimate of drug-likeness (QED) is 0.833. The van der Waals surface area contributed by atoms with Gasteiger partial charge in [-0.25, -0.2) is 4.98 Å². The van der Waals surface area contributed by atoms with Crippen LogP contribution >= 0.6 is 11.6 Å². The van der Waals surface area contributed by atoms with E-state index in [-0.39, 0.29) is 17.0 Å². The van der Waals surface area contributed by atoms with Crippen molar-refractivity contribution in [3.05, 3.63) is 22.8 Å². The maximum absolute atomic E-state index is 12.7. The number of halogens is 4. The molecule has 2 aliphatic rings. The fourth-order valence-corrected chi connectivity index (χ4v) is 3.20. The molecule has 2 fully saturated rings. The highest BCUT2D eigenvalue weighted by Gasteiger charge is 2.33. The van der Waals surface area contributed by atoms with Crippen LogP contribution in [0.5, 0.6) is 0 Å². The molecule has 0 aromatic carbocycles. The number of ether oxygens (including phenoxy) is 1. The summed E-state index contributed by atoms with van der Waals surface area (Å²) >= 11 is 5.97. The van der Waals surface area contributed by atoms with Crippen molar-refractivity contribution in [1.29, 1.82) is 0 Å². The molecule has 0 saturated carbocycles. The second kappa shape index (κ2) is 7.35. The van der Waals surface area contributed by atoms with E-state index in [0.717, 1.165) is 18.8 Å². The summed E-state index contributed by atoms with van der Waals surface area (Å²) in [4.78, 5) is 17.8. The molecule has 2 aliphatic heterocycles. The molecule has 0 radical (unpaired) electrons. The molecule has 138 valence electrons. The second-order valence-electron chi connectivity index (χ2n) is 6.03. The Morgan fingerprint density at radius 1 is 1.48 bits per heavy atom. The summed E-state index contributed by atoms with van der Waals surface area (Å²) in [5.74, 6) is 0.104. The first-order chi connectivity index (χ1) is 11.8. The van der Waals surface area contributed by atoms with Crippen LogP contribution in [0.15, 0.2) is 12.3 Å². The number of hydrogen-bond acceptors (Lipinski definition) is 5. The van der Waals surface area contributed by atoms with Crippen LogP contribution in [0.4, 0.5) is 19.0 Å². The SMILES string of the molecule is O=C(NC1CCN(c2ncc(C(F)(F)F)cc2Cl)C1)C1CNCCO1. The van der Waals surface area contributed by atoms with Crippen molar-refractivity contribution in [1.82, 2.24) is 15.6 Å². The molecule has 2 atom stereocenters. The van der Waals surface area contributed by atoms with Crippen molar-refractivity contribution in [2.75, 3.05) is 37.7 Å². The number of morpholine rings is 1. The van der Waals surface area contributed by atoms with Gasteiger partial charge in [-0.3, -0.25) is 4.79 Å². The standard InChI is InChI=1S/C15H18ClF3N4O2/c16-11-5-9(15(17,18)19)6-21-13(11)23-3-1-10(8-23)22-14(24)12-7-20-2-4-25-12/h5-6,10,12,20H,1-4,7-8H2,(H,22,24). The topological polar surface area (TPSA) is 66.5 Å². The predicted molar refractivity (Wildman–Crippen MR) is 85.6 cm³/mol. The fraction of sp³-hybridized carbons (Fsp3) is 0.600. The molecule has 1 amide bonds. The summed E-state index contributed by atoms with van der Waals surface area (Å²) in [6.07, 6.45) is -3.57. The lowest BCUT2D eigenvalue weighted by molar-refractivity contribution is -0.138. The van der Waals surface area contributed by atoms with Gasteiger partial charge in [-0.05, 0) is 12.5 Å². The lowest BCUT2D eigenvalue weighted by Crippen LogP contribution is -2.50. The minimum Gasteiger partial charge on any atom is -0.366 e. The number of rotatable bonds is 3. The van der Waals surface area contributed by atoms with E-state index in [1.807, 2.05) is 0 Å². The molecule has 6 nitrogen and oxygen atoms in total. The van der Waals surface area contributed by atoms with Gasteiger partial charge in [0, 0.05) is 38.4 Å². The van der Waals surface area contributed by atoms with E-state index in [1.54, 1.807) is 4.90 Å². The third-order valence-electron chi connectivity index (χ3n) is 4.20. The maximum atomic E-state index is 12.7. The lowest BCUT2D eigenvalue weighted by Gasteiger charge is -2.24. The average Bonchev–Trinajstić information content (AvgIpc) is 3.03. The van der Waals surface area contributed by atoms with Crippen molar-refractivity contribution >= 4 is 23.3 Å².